The van der Waals surface area contributed by atoms with Gasteiger partial charge in [-0.3, -0.25) is 9.89 Å². The summed E-state index contributed by atoms with van der Waals surface area (Å²) < 4.78 is 7.28. The van der Waals surface area contributed by atoms with Crippen molar-refractivity contribution in [3.05, 3.63) is 48.3 Å². The highest BCUT2D eigenvalue weighted by molar-refractivity contribution is 14.0. The Balaban J connectivity index is 0.00000300. The molecule has 29 heavy (non-hydrogen) atoms. The highest BCUT2D eigenvalue weighted by Gasteiger charge is 2.13. The first-order valence-electron chi connectivity index (χ1n) is 10.1. The molecule has 1 fully saturated rings. The second-order valence-electron chi connectivity index (χ2n) is 7.27. The molecule has 0 bridgehead atoms. The van der Waals surface area contributed by atoms with Gasteiger partial charge in [0.25, 0.3) is 0 Å². The summed E-state index contributed by atoms with van der Waals surface area (Å²) in [6.45, 7) is 8.91. The van der Waals surface area contributed by atoms with Gasteiger partial charge in [-0.15, -0.1) is 24.0 Å². The lowest BCUT2D eigenvalue weighted by atomic mass is 10.1. The SMILES string of the molecule is CN=C(NCCc1ccc(-n2cccn2)cc1)NCC(C)CN1CCOCC1.I. The Labute approximate surface area is 190 Å². The van der Waals surface area contributed by atoms with E-state index in [1.165, 1.54) is 5.56 Å². The van der Waals surface area contributed by atoms with Gasteiger partial charge in [0.15, 0.2) is 5.96 Å². The number of nitrogens with zero attached hydrogens (tertiary/aromatic N) is 4. The van der Waals surface area contributed by atoms with Crippen LogP contribution in [0.1, 0.15) is 12.5 Å². The van der Waals surface area contributed by atoms with Crippen LogP contribution in [-0.2, 0) is 11.2 Å². The normalized spacial score (nSPS) is 16.1. The summed E-state index contributed by atoms with van der Waals surface area (Å²) in [5.74, 6) is 1.42. The molecule has 2 aromatic rings. The summed E-state index contributed by atoms with van der Waals surface area (Å²) in [6.07, 6.45) is 4.69. The quantitative estimate of drug-likeness (QED) is 0.323. The van der Waals surface area contributed by atoms with Crippen LogP contribution in [0, 0.1) is 5.92 Å². The zero-order chi connectivity index (χ0) is 19.6. The molecule has 8 heteroatoms. The average Bonchev–Trinajstić information content (AvgIpc) is 3.26. The van der Waals surface area contributed by atoms with Gasteiger partial charge in [-0.2, -0.15) is 5.10 Å². The first kappa shape index (κ1) is 23.6. The summed E-state index contributed by atoms with van der Waals surface area (Å²) in [4.78, 5) is 6.81. The van der Waals surface area contributed by atoms with Crippen molar-refractivity contribution in [2.75, 3.05) is 53.0 Å². The fourth-order valence-electron chi connectivity index (χ4n) is 3.34. The van der Waals surface area contributed by atoms with E-state index >= 15 is 0 Å². The molecule has 2 heterocycles. The number of hydrogen-bond donors (Lipinski definition) is 2. The van der Waals surface area contributed by atoms with Gasteiger partial charge in [0.05, 0.1) is 18.9 Å². The maximum absolute atomic E-state index is 5.41. The predicted octanol–water partition coefficient (Wildman–Crippen LogP) is 2.17. The molecule has 0 amide bonds. The third-order valence-electron chi connectivity index (χ3n) is 4.93. The van der Waals surface area contributed by atoms with Crippen molar-refractivity contribution < 1.29 is 4.74 Å². The number of hydrogen-bond acceptors (Lipinski definition) is 4. The van der Waals surface area contributed by atoms with E-state index in [2.05, 4.69) is 56.8 Å². The molecule has 160 valence electrons. The highest BCUT2D eigenvalue weighted by Crippen LogP contribution is 2.09. The molecule has 0 radical (unpaired) electrons. The maximum atomic E-state index is 5.41. The zero-order valence-electron chi connectivity index (χ0n) is 17.4. The number of guanidine groups is 1. The van der Waals surface area contributed by atoms with E-state index in [9.17, 15) is 0 Å². The lowest BCUT2D eigenvalue weighted by Crippen LogP contribution is -2.44. The molecule has 0 spiro atoms. The number of benzene rings is 1. The monoisotopic (exact) mass is 512 g/mol. The first-order chi connectivity index (χ1) is 13.7. The average molecular weight is 512 g/mol. The second-order valence-corrected chi connectivity index (χ2v) is 7.27. The van der Waals surface area contributed by atoms with Gasteiger partial charge in [-0.05, 0) is 36.1 Å². The van der Waals surface area contributed by atoms with E-state index < -0.39 is 0 Å². The topological polar surface area (TPSA) is 66.7 Å². The molecule has 7 nitrogen and oxygen atoms in total. The first-order valence-corrected chi connectivity index (χ1v) is 10.1. The molecule has 1 aliphatic rings. The van der Waals surface area contributed by atoms with Gasteiger partial charge < -0.3 is 15.4 Å². The molecular formula is C21H33IN6O. The lowest BCUT2D eigenvalue weighted by molar-refractivity contribution is 0.0320. The van der Waals surface area contributed by atoms with Gasteiger partial charge >= 0.3 is 0 Å². The van der Waals surface area contributed by atoms with Crippen LogP contribution in [0.25, 0.3) is 5.69 Å². The molecular weight excluding hydrogens is 479 g/mol. The van der Waals surface area contributed by atoms with E-state index in [0.717, 1.165) is 64.0 Å². The fraction of sp³-hybridized carbons (Fsp3) is 0.524. The third kappa shape index (κ3) is 7.94. The number of ether oxygens (including phenoxy) is 1. The number of aliphatic imine (C=N–C) groups is 1. The minimum Gasteiger partial charge on any atom is -0.379 e. The van der Waals surface area contributed by atoms with E-state index in [-0.39, 0.29) is 24.0 Å². The van der Waals surface area contributed by atoms with Crippen LogP contribution < -0.4 is 10.6 Å². The lowest BCUT2D eigenvalue weighted by Gasteiger charge is -2.29. The largest absolute Gasteiger partial charge is 0.379 e. The van der Waals surface area contributed by atoms with Crippen LogP contribution in [0.15, 0.2) is 47.7 Å². The van der Waals surface area contributed by atoms with Crippen molar-refractivity contribution in [1.29, 1.82) is 0 Å². The number of morpholine rings is 1. The Kier molecular flexibility index (Phi) is 10.4. The standard InChI is InChI=1S/C21H32N6O.HI/c1-18(17-26-12-14-28-15-13-26)16-24-21(22-2)23-10-8-19-4-6-20(7-5-19)27-11-3-9-25-27;/h3-7,9,11,18H,8,10,12-17H2,1-2H3,(H2,22,23,24);1H. The fourth-order valence-corrected chi connectivity index (χ4v) is 3.34. The molecule has 1 atom stereocenters. The second kappa shape index (κ2) is 12.8. The minimum atomic E-state index is 0. The van der Waals surface area contributed by atoms with E-state index in [0.29, 0.717) is 5.92 Å². The van der Waals surface area contributed by atoms with Crippen molar-refractivity contribution in [3.63, 3.8) is 0 Å². The van der Waals surface area contributed by atoms with Crippen LogP contribution in [0.4, 0.5) is 0 Å². The Bertz CT molecular complexity index is 713. The highest BCUT2D eigenvalue weighted by atomic mass is 127. The summed E-state index contributed by atoms with van der Waals surface area (Å²) >= 11 is 0. The van der Waals surface area contributed by atoms with Crippen molar-refractivity contribution >= 4 is 29.9 Å². The van der Waals surface area contributed by atoms with Crippen molar-refractivity contribution in [3.8, 4) is 5.69 Å². The van der Waals surface area contributed by atoms with E-state index in [1.54, 1.807) is 6.20 Å². The molecule has 1 unspecified atom stereocenters. The number of aromatic nitrogens is 2. The Morgan fingerprint density at radius 3 is 2.62 bits per heavy atom. The molecule has 1 saturated heterocycles. The van der Waals surface area contributed by atoms with Gasteiger partial charge in [0.2, 0.25) is 0 Å². The van der Waals surface area contributed by atoms with E-state index in [1.807, 2.05) is 24.0 Å². The van der Waals surface area contributed by atoms with Gasteiger partial charge in [0, 0.05) is 52.2 Å². The molecule has 1 aromatic carbocycles. The Morgan fingerprint density at radius 2 is 1.97 bits per heavy atom. The van der Waals surface area contributed by atoms with E-state index in [4.69, 9.17) is 4.74 Å². The molecule has 3 rings (SSSR count). The molecule has 0 saturated carbocycles. The molecule has 1 aromatic heterocycles. The minimum absolute atomic E-state index is 0. The summed E-state index contributed by atoms with van der Waals surface area (Å²) in [5, 5.41) is 11.1. The summed E-state index contributed by atoms with van der Waals surface area (Å²) in [6, 6.07) is 10.4. The zero-order valence-corrected chi connectivity index (χ0v) is 19.7. The van der Waals surface area contributed by atoms with Crippen LogP contribution in [-0.4, -0.2) is 73.6 Å². The van der Waals surface area contributed by atoms with Gasteiger partial charge in [-0.1, -0.05) is 19.1 Å². The van der Waals surface area contributed by atoms with Crippen LogP contribution in [0.5, 0.6) is 0 Å². The Morgan fingerprint density at radius 1 is 1.21 bits per heavy atom. The Hall–Kier alpha value is -1.65. The third-order valence-corrected chi connectivity index (χ3v) is 4.93. The van der Waals surface area contributed by atoms with Crippen LogP contribution in [0.2, 0.25) is 0 Å². The van der Waals surface area contributed by atoms with Crippen molar-refractivity contribution in [2.24, 2.45) is 10.9 Å². The summed E-state index contributed by atoms with van der Waals surface area (Å²) in [7, 11) is 1.82. The smallest absolute Gasteiger partial charge is 0.190 e. The number of rotatable bonds is 8. The van der Waals surface area contributed by atoms with Gasteiger partial charge in [0.1, 0.15) is 0 Å². The molecule has 1 aliphatic heterocycles. The molecule has 2 N–H and O–H groups in total. The predicted molar refractivity (Wildman–Crippen MR) is 128 cm³/mol. The van der Waals surface area contributed by atoms with Crippen LogP contribution >= 0.6 is 24.0 Å². The van der Waals surface area contributed by atoms with Crippen LogP contribution in [0.3, 0.4) is 0 Å². The van der Waals surface area contributed by atoms with Crippen molar-refractivity contribution in [1.82, 2.24) is 25.3 Å². The summed E-state index contributed by atoms with van der Waals surface area (Å²) in [5.41, 5.74) is 2.37. The maximum Gasteiger partial charge on any atom is 0.190 e. The number of nitrogens with one attached hydrogen (secondary N) is 2. The van der Waals surface area contributed by atoms with Crippen molar-refractivity contribution in [2.45, 2.75) is 13.3 Å². The number of halogens is 1. The molecule has 0 aliphatic carbocycles. The van der Waals surface area contributed by atoms with Gasteiger partial charge in [-0.25, -0.2) is 4.68 Å².